The highest BCUT2D eigenvalue weighted by molar-refractivity contribution is 5.97. The molecule has 0 saturated heterocycles. The highest BCUT2D eigenvalue weighted by Crippen LogP contribution is 2.29. The van der Waals surface area contributed by atoms with E-state index in [1.807, 2.05) is 32.0 Å². The molecular weight excluding hydrogens is 484 g/mol. The summed E-state index contributed by atoms with van der Waals surface area (Å²) in [6.07, 6.45) is 8.17. The molecule has 1 aliphatic carbocycles. The van der Waals surface area contributed by atoms with E-state index >= 15 is 0 Å². The molecule has 1 saturated carbocycles. The Morgan fingerprint density at radius 2 is 1.84 bits per heavy atom. The molecule has 38 heavy (non-hydrogen) atoms. The molecule has 10 nitrogen and oxygen atoms in total. The summed E-state index contributed by atoms with van der Waals surface area (Å²) in [6, 6.07) is 5.87. The number of hydrogen-bond acceptors (Lipinski definition) is 6. The molecule has 4 rings (SSSR count). The number of nitrogens with one attached hydrogen (secondary N) is 4. The van der Waals surface area contributed by atoms with Crippen molar-refractivity contribution in [3.8, 4) is 0 Å². The van der Waals surface area contributed by atoms with E-state index in [0.29, 0.717) is 23.5 Å². The maximum atomic E-state index is 13.6. The van der Waals surface area contributed by atoms with Crippen molar-refractivity contribution in [2.24, 2.45) is 11.8 Å². The van der Waals surface area contributed by atoms with Crippen molar-refractivity contribution in [1.82, 2.24) is 30.6 Å². The number of H-pyrrole nitrogens is 2. The number of rotatable bonds is 12. The molecule has 2 heterocycles. The highest BCUT2D eigenvalue weighted by atomic mass is 16.3. The Morgan fingerprint density at radius 1 is 1.08 bits per heavy atom. The molecule has 0 spiro atoms. The number of carbonyl (C=O) groups excluding carboxylic acids is 2. The average molecular weight is 525 g/mol. The second-order valence-corrected chi connectivity index (χ2v) is 10.9. The molecule has 2 amide bonds. The summed E-state index contributed by atoms with van der Waals surface area (Å²) >= 11 is 0. The molecule has 206 valence electrons. The number of aliphatic hydroxyl groups excluding tert-OH is 2. The van der Waals surface area contributed by atoms with Gasteiger partial charge in [-0.15, -0.1) is 0 Å². The molecule has 0 unspecified atom stereocenters. The Kier molecular flexibility index (Phi) is 9.52. The van der Waals surface area contributed by atoms with Gasteiger partial charge in [-0.1, -0.05) is 58.1 Å². The lowest BCUT2D eigenvalue weighted by atomic mass is 9.82. The summed E-state index contributed by atoms with van der Waals surface area (Å²) in [5.74, 6) is -0.390. The summed E-state index contributed by atoms with van der Waals surface area (Å²) in [4.78, 5) is 41.1. The number of benzene rings is 1. The normalized spacial score (nSPS) is 17.7. The van der Waals surface area contributed by atoms with Crippen LogP contribution in [0.4, 0.5) is 0 Å². The summed E-state index contributed by atoms with van der Waals surface area (Å²) in [6.45, 7) is 3.81. The Balaban J connectivity index is 1.51. The molecule has 1 aliphatic rings. The van der Waals surface area contributed by atoms with Crippen LogP contribution in [0.2, 0.25) is 0 Å². The van der Waals surface area contributed by atoms with Crippen LogP contribution >= 0.6 is 0 Å². The van der Waals surface area contributed by atoms with Gasteiger partial charge >= 0.3 is 0 Å². The first-order chi connectivity index (χ1) is 18.3. The van der Waals surface area contributed by atoms with Gasteiger partial charge in [-0.25, -0.2) is 9.97 Å². The van der Waals surface area contributed by atoms with Gasteiger partial charge in [0.1, 0.15) is 6.04 Å². The van der Waals surface area contributed by atoms with Gasteiger partial charge in [-0.3, -0.25) is 9.59 Å². The fourth-order valence-corrected chi connectivity index (χ4v) is 5.17. The Morgan fingerprint density at radius 3 is 2.53 bits per heavy atom. The first-order valence-corrected chi connectivity index (χ1v) is 13.7. The smallest absolute Gasteiger partial charge is 0.287 e. The maximum Gasteiger partial charge on any atom is 0.287 e. The first-order valence-electron chi connectivity index (χ1n) is 13.7. The molecule has 4 atom stereocenters. The van der Waals surface area contributed by atoms with Crippen LogP contribution in [-0.4, -0.2) is 66.3 Å². The number of aliphatic hydroxyl groups is 2. The fourth-order valence-electron chi connectivity index (χ4n) is 5.17. The summed E-state index contributed by atoms with van der Waals surface area (Å²) < 4.78 is 0. The zero-order valence-corrected chi connectivity index (χ0v) is 22.2. The van der Waals surface area contributed by atoms with Gasteiger partial charge in [0.25, 0.3) is 5.91 Å². The third-order valence-corrected chi connectivity index (χ3v) is 7.56. The number of nitrogens with zero attached hydrogens (tertiary/aromatic N) is 2. The van der Waals surface area contributed by atoms with E-state index in [4.69, 9.17) is 0 Å². The van der Waals surface area contributed by atoms with Gasteiger partial charge in [0.15, 0.2) is 5.82 Å². The van der Waals surface area contributed by atoms with Crippen molar-refractivity contribution in [2.45, 2.75) is 89.5 Å². The molecule has 0 radical (unpaired) electrons. The lowest BCUT2D eigenvalue weighted by Crippen LogP contribution is -2.54. The number of carbonyl (C=O) groups is 2. The first kappa shape index (κ1) is 27.8. The largest absolute Gasteiger partial charge is 0.393 e. The fraction of sp³-hybridized carbons (Fsp3) is 0.571. The van der Waals surface area contributed by atoms with Crippen LogP contribution in [0.15, 0.2) is 36.8 Å². The molecule has 3 aromatic rings. The van der Waals surface area contributed by atoms with Crippen LogP contribution in [0, 0.1) is 11.8 Å². The maximum absolute atomic E-state index is 13.6. The molecule has 0 bridgehead atoms. The van der Waals surface area contributed by atoms with Gasteiger partial charge < -0.3 is 30.8 Å². The summed E-state index contributed by atoms with van der Waals surface area (Å²) in [7, 11) is 0. The SMILES string of the molecule is CC(C)[C@@H](O)C[C@H](O)[C@H](CC1CCCCC1)NC(=O)[C@H](Cc1cnc[nH]1)NC(=O)c1nc2ccccc2[nH]1. The topological polar surface area (TPSA) is 156 Å². The summed E-state index contributed by atoms with van der Waals surface area (Å²) in [5, 5.41) is 27.4. The number of aromatic nitrogens is 4. The van der Waals surface area contributed by atoms with Crippen molar-refractivity contribution >= 4 is 22.8 Å². The Labute approximate surface area is 223 Å². The monoisotopic (exact) mass is 524 g/mol. The molecule has 1 aromatic carbocycles. The highest BCUT2D eigenvalue weighted by Gasteiger charge is 2.31. The second-order valence-electron chi connectivity index (χ2n) is 10.9. The van der Waals surface area contributed by atoms with Crippen molar-refractivity contribution in [2.75, 3.05) is 0 Å². The number of amides is 2. The minimum absolute atomic E-state index is 0.00749. The van der Waals surface area contributed by atoms with E-state index in [2.05, 4.69) is 30.6 Å². The van der Waals surface area contributed by atoms with Crippen molar-refractivity contribution in [3.05, 3.63) is 48.3 Å². The van der Waals surface area contributed by atoms with Gasteiger partial charge in [0.05, 0.1) is 35.6 Å². The summed E-state index contributed by atoms with van der Waals surface area (Å²) in [5.41, 5.74) is 2.08. The zero-order valence-electron chi connectivity index (χ0n) is 22.2. The molecule has 2 aromatic heterocycles. The van der Waals surface area contributed by atoms with Crippen molar-refractivity contribution in [1.29, 1.82) is 0 Å². The number of hydrogen-bond donors (Lipinski definition) is 6. The average Bonchev–Trinajstić information content (AvgIpc) is 3.58. The lowest BCUT2D eigenvalue weighted by Gasteiger charge is -2.32. The van der Waals surface area contributed by atoms with Crippen LogP contribution in [0.3, 0.4) is 0 Å². The third kappa shape index (κ3) is 7.41. The molecule has 10 heteroatoms. The minimum atomic E-state index is -0.924. The lowest BCUT2D eigenvalue weighted by molar-refractivity contribution is -0.125. The molecule has 1 fully saturated rings. The Hall–Kier alpha value is -3.24. The number of para-hydroxylation sites is 2. The number of aromatic amines is 2. The number of fused-ring (bicyclic) bond motifs is 1. The van der Waals surface area contributed by atoms with Crippen LogP contribution in [0.5, 0.6) is 0 Å². The zero-order chi connectivity index (χ0) is 27.1. The third-order valence-electron chi connectivity index (χ3n) is 7.56. The van der Waals surface area contributed by atoms with Gasteiger partial charge in [0, 0.05) is 24.7 Å². The van der Waals surface area contributed by atoms with E-state index in [0.717, 1.165) is 31.2 Å². The quantitative estimate of drug-likeness (QED) is 0.214. The Bertz CT molecular complexity index is 1140. The minimum Gasteiger partial charge on any atom is -0.393 e. The number of imidazole rings is 2. The van der Waals surface area contributed by atoms with Gasteiger partial charge in [-0.05, 0) is 30.4 Å². The molecule has 6 N–H and O–H groups in total. The predicted molar refractivity (Wildman–Crippen MR) is 144 cm³/mol. The van der Waals surface area contributed by atoms with E-state index in [9.17, 15) is 19.8 Å². The molecular formula is C28H40N6O4. The van der Waals surface area contributed by atoms with Crippen molar-refractivity contribution < 1.29 is 19.8 Å². The van der Waals surface area contributed by atoms with Gasteiger partial charge in [0.2, 0.25) is 5.91 Å². The van der Waals surface area contributed by atoms with E-state index in [1.54, 1.807) is 12.3 Å². The standard InChI is InChI=1S/C28H40N6O4/c1-17(2)24(35)14-25(36)22(12-18-8-4-3-5-9-18)33-27(37)23(13-19-15-29-16-30-19)34-28(38)26-31-20-10-6-7-11-21(20)32-26/h6-7,10-11,15-18,22-25,35-36H,3-5,8-9,12-14H2,1-2H3,(H,29,30)(H,31,32)(H,33,37)(H,34,38)/t22-,23-,24-,25-/m0/s1. The second kappa shape index (κ2) is 13.0. The predicted octanol–water partition coefficient (Wildman–Crippen LogP) is 2.85. The van der Waals surface area contributed by atoms with Crippen LogP contribution in [0.25, 0.3) is 11.0 Å². The van der Waals surface area contributed by atoms with E-state index in [-0.39, 0.29) is 24.6 Å². The van der Waals surface area contributed by atoms with Gasteiger partial charge in [-0.2, -0.15) is 0 Å². The van der Waals surface area contributed by atoms with Crippen LogP contribution < -0.4 is 10.6 Å². The molecule has 0 aliphatic heterocycles. The van der Waals surface area contributed by atoms with Crippen LogP contribution in [0.1, 0.15) is 75.1 Å². The van der Waals surface area contributed by atoms with E-state index in [1.165, 1.54) is 12.7 Å². The van der Waals surface area contributed by atoms with Crippen molar-refractivity contribution in [3.63, 3.8) is 0 Å². The van der Waals surface area contributed by atoms with E-state index < -0.39 is 36.1 Å². The van der Waals surface area contributed by atoms with Crippen LogP contribution in [-0.2, 0) is 11.2 Å².